The van der Waals surface area contributed by atoms with Gasteiger partial charge in [-0.2, -0.15) is 0 Å². The van der Waals surface area contributed by atoms with Crippen LogP contribution in [-0.2, 0) is 16.1 Å². The number of hydrogen-bond acceptors (Lipinski definition) is 5. The number of nitro groups is 1. The van der Waals surface area contributed by atoms with Crippen LogP contribution in [0, 0.1) is 17.0 Å². The number of esters is 1. The molecule has 2 rings (SSSR count). The highest BCUT2D eigenvalue weighted by molar-refractivity contribution is 6.35. The molecule has 0 radical (unpaired) electrons. The predicted molar refractivity (Wildman–Crippen MR) is 96.4 cm³/mol. The molecular formula is C17H14Cl2N2O5. The van der Waals surface area contributed by atoms with Crippen LogP contribution >= 0.6 is 23.2 Å². The van der Waals surface area contributed by atoms with E-state index in [0.29, 0.717) is 15.6 Å². The van der Waals surface area contributed by atoms with Gasteiger partial charge in [0.05, 0.1) is 10.5 Å². The first-order valence-corrected chi connectivity index (χ1v) is 8.17. The van der Waals surface area contributed by atoms with Gasteiger partial charge in [-0.15, -0.1) is 0 Å². The van der Waals surface area contributed by atoms with Crippen molar-refractivity contribution >= 4 is 40.8 Å². The summed E-state index contributed by atoms with van der Waals surface area (Å²) in [6.07, 6.45) is 0. The van der Waals surface area contributed by atoms with Crippen molar-refractivity contribution in [1.29, 1.82) is 0 Å². The molecule has 0 aliphatic carbocycles. The van der Waals surface area contributed by atoms with E-state index in [0.717, 1.165) is 0 Å². The van der Waals surface area contributed by atoms with Crippen molar-refractivity contribution in [1.82, 2.24) is 5.32 Å². The number of halogens is 2. The van der Waals surface area contributed by atoms with Crippen LogP contribution in [0.1, 0.15) is 21.5 Å². The zero-order valence-electron chi connectivity index (χ0n) is 13.6. The van der Waals surface area contributed by atoms with Gasteiger partial charge in [-0.1, -0.05) is 35.3 Å². The first kappa shape index (κ1) is 19.7. The molecule has 26 heavy (non-hydrogen) atoms. The molecule has 0 aromatic heterocycles. The van der Waals surface area contributed by atoms with E-state index in [1.54, 1.807) is 18.2 Å². The number of nitro benzene ring substituents is 1. The maximum absolute atomic E-state index is 12.1. The maximum Gasteiger partial charge on any atom is 0.339 e. The number of rotatable bonds is 6. The zero-order chi connectivity index (χ0) is 19.3. The van der Waals surface area contributed by atoms with Crippen molar-refractivity contribution in [2.24, 2.45) is 0 Å². The zero-order valence-corrected chi connectivity index (χ0v) is 15.1. The summed E-state index contributed by atoms with van der Waals surface area (Å²) < 4.78 is 4.92. The third kappa shape index (κ3) is 4.93. The maximum atomic E-state index is 12.1. The number of carbonyl (C=O) groups is 2. The molecule has 0 bridgehead atoms. The second-order valence-electron chi connectivity index (χ2n) is 5.30. The van der Waals surface area contributed by atoms with E-state index in [9.17, 15) is 19.7 Å². The number of benzene rings is 2. The molecule has 2 aromatic carbocycles. The second kappa shape index (κ2) is 8.64. The Balaban J connectivity index is 1.92. The number of amides is 1. The van der Waals surface area contributed by atoms with Gasteiger partial charge < -0.3 is 10.1 Å². The molecule has 136 valence electrons. The van der Waals surface area contributed by atoms with Crippen LogP contribution in [0.3, 0.4) is 0 Å². The minimum Gasteiger partial charge on any atom is -0.452 e. The lowest BCUT2D eigenvalue weighted by Gasteiger charge is -2.09. The van der Waals surface area contributed by atoms with Crippen molar-refractivity contribution < 1.29 is 19.2 Å². The van der Waals surface area contributed by atoms with Crippen molar-refractivity contribution in [3.05, 3.63) is 73.2 Å². The first-order chi connectivity index (χ1) is 12.3. The predicted octanol–water partition coefficient (Wildman–Crippen LogP) is 3.68. The third-order valence-electron chi connectivity index (χ3n) is 3.55. The highest BCUT2D eigenvalue weighted by Crippen LogP contribution is 2.22. The highest BCUT2D eigenvalue weighted by atomic mass is 35.5. The summed E-state index contributed by atoms with van der Waals surface area (Å²) in [7, 11) is 0. The molecule has 0 saturated carbocycles. The van der Waals surface area contributed by atoms with Crippen LogP contribution in [-0.4, -0.2) is 23.4 Å². The van der Waals surface area contributed by atoms with E-state index in [2.05, 4.69) is 5.32 Å². The fourth-order valence-corrected chi connectivity index (χ4v) is 2.64. The summed E-state index contributed by atoms with van der Waals surface area (Å²) in [6, 6.07) is 8.92. The fraction of sp³-hybridized carbons (Fsp3) is 0.176. The molecule has 0 aliphatic heterocycles. The Morgan fingerprint density at radius 1 is 1.23 bits per heavy atom. The largest absolute Gasteiger partial charge is 0.452 e. The average Bonchev–Trinajstić information content (AvgIpc) is 2.58. The van der Waals surface area contributed by atoms with Crippen LogP contribution in [0.2, 0.25) is 10.0 Å². The van der Waals surface area contributed by atoms with E-state index >= 15 is 0 Å². The molecule has 0 fully saturated rings. The highest BCUT2D eigenvalue weighted by Gasteiger charge is 2.19. The Hall–Kier alpha value is -2.64. The third-order valence-corrected chi connectivity index (χ3v) is 4.13. The Morgan fingerprint density at radius 2 is 1.96 bits per heavy atom. The molecule has 0 unspecified atom stereocenters. The van der Waals surface area contributed by atoms with Gasteiger partial charge in [0.15, 0.2) is 6.61 Å². The van der Waals surface area contributed by atoms with Gasteiger partial charge in [0.1, 0.15) is 0 Å². The quantitative estimate of drug-likeness (QED) is 0.456. The van der Waals surface area contributed by atoms with Crippen molar-refractivity contribution in [2.45, 2.75) is 13.5 Å². The Bertz CT molecular complexity index is 870. The number of hydrogen-bond donors (Lipinski definition) is 1. The molecule has 0 spiro atoms. The van der Waals surface area contributed by atoms with E-state index in [1.165, 1.54) is 25.1 Å². The van der Waals surface area contributed by atoms with Crippen LogP contribution < -0.4 is 5.32 Å². The number of nitrogens with zero attached hydrogens (tertiary/aromatic N) is 1. The lowest BCUT2D eigenvalue weighted by Crippen LogP contribution is -2.28. The molecule has 7 nitrogen and oxygen atoms in total. The van der Waals surface area contributed by atoms with Crippen molar-refractivity contribution in [3.63, 3.8) is 0 Å². The van der Waals surface area contributed by atoms with Crippen molar-refractivity contribution in [2.75, 3.05) is 6.61 Å². The first-order valence-electron chi connectivity index (χ1n) is 7.41. The summed E-state index contributed by atoms with van der Waals surface area (Å²) in [5.74, 6) is -1.35. The summed E-state index contributed by atoms with van der Waals surface area (Å²) >= 11 is 11.8. The van der Waals surface area contributed by atoms with Crippen LogP contribution in [0.25, 0.3) is 0 Å². The Labute approximate surface area is 159 Å². The topological polar surface area (TPSA) is 98.5 Å². The molecule has 1 amide bonds. The van der Waals surface area contributed by atoms with Gasteiger partial charge in [-0.05, 0) is 30.7 Å². The van der Waals surface area contributed by atoms with Gasteiger partial charge in [-0.25, -0.2) is 4.79 Å². The second-order valence-corrected chi connectivity index (χ2v) is 6.14. The van der Waals surface area contributed by atoms with E-state index < -0.39 is 23.4 Å². The Morgan fingerprint density at radius 3 is 2.62 bits per heavy atom. The molecule has 0 atom stereocenters. The normalized spacial score (nSPS) is 10.3. The van der Waals surface area contributed by atoms with Gasteiger partial charge >= 0.3 is 5.97 Å². The van der Waals surface area contributed by atoms with Crippen LogP contribution in [0.4, 0.5) is 5.69 Å². The van der Waals surface area contributed by atoms with Gasteiger partial charge in [0.2, 0.25) is 0 Å². The van der Waals surface area contributed by atoms with Gasteiger partial charge in [0, 0.05) is 28.2 Å². The molecule has 0 aliphatic rings. The van der Waals surface area contributed by atoms with E-state index in [-0.39, 0.29) is 23.4 Å². The van der Waals surface area contributed by atoms with Crippen molar-refractivity contribution in [3.8, 4) is 0 Å². The summed E-state index contributed by atoms with van der Waals surface area (Å²) in [4.78, 5) is 34.2. The summed E-state index contributed by atoms with van der Waals surface area (Å²) in [5.41, 5.74) is 0.676. The molecule has 0 heterocycles. The summed E-state index contributed by atoms with van der Waals surface area (Å²) in [5, 5.41) is 14.3. The van der Waals surface area contributed by atoms with Crippen LogP contribution in [0.15, 0.2) is 36.4 Å². The van der Waals surface area contributed by atoms with E-state index in [4.69, 9.17) is 27.9 Å². The SMILES string of the molecule is Cc1c(C(=O)OCC(=O)NCc2ccc(Cl)cc2Cl)cccc1[N+](=O)[O-]. The van der Waals surface area contributed by atoms with Gasteiger partial charge in [0.25, 0.3) is 11.6 Å². The molecule has 0 saturated heterocycles. The van der Waals surface area contributed by atoms with Crippen LogP contribution in [0.5, 0.6) is 0 Å². The van der Waals surface area contributed by atoms with Gasteiger partial charge in [-0.3, -0.25) is 14.9 Å². The molecule has 2 aromatic rings. The molecular weight excluding hydrogens is 383 g/mol. The lowest BCUT2D eigenvalue weighted by atomic mass is 10.1. The smallest absolute Gasteiger partial charge is 0.339 e. The summed E-state index contributed by atoms with van der Waals surface area (Å²) in [6.45, 7) is 1.06. The molecule has 9 heteroatoms. The average molecular weight is 397 g/mol. The Kier molecular flexibility index (Phi) is 6.54. The standard InChI is InChI=1S/C17H14Cl2N2O5/c1-10-13(3-2-4-15(10)21(24)25)17(23)26-9-16(22)20-8-11-5-6-12(18)7-14(11)19/h2-7H,8-9H2,1H3,(H,20,22). The van der Waals surface area contributed by atoms with E-state index in [1.807, 2.05) is 0 Å². The fourth-order valence-electron chi connectivity index (χ4n) is 2.16. The minimum absolute atomic E-state index is 0.0349. The lowest BCUT2D eigenvalue weighted by molar-refractivity contribution is -0.385. The monoisotopic (exact) mass is 396 g/mol. The number of nitrogens with one attached hydrogen (secondary N) is 1. The number of ether oxygens (including phenoxy) is 1. The number of carbonyl (C=O) groups excluding carboxylic acids is 2. The minimum atomic E-state index is -0.814. The molecule has 1 N–H and O–H groups in total.